The normalized spacial score (nSPS) is 24.7. The predicted molar refractivity (Wildman–Crippen MR) is 94.7 cm³/mol. The Morgan fingerprint density at radius 1 is 1.20 bits per heavy atom. The van der Waals surface area contributed by atoms with Crippen molar-refractivity contribution in [2.75, 3.05) is 37.7 Å². The van der Waals surface area contributed by atoms with Crippen molar-refractivity contribution >= 4 is 17.6 Å². The lowest BCUT2D eigenvalue weighted by Crippen LogP contribution is -2.42. The number of anilines is 1. The van der Waals surface area contributed by atoms with Gasteiger partial charge in [-0.25, -0.2) is 4.79 Å². The molecule has 3 amide bonds. The van der Waals surface area contributed by atoms with E-state index in [4.69, 9.17) is 4.74 Å². The molecule has 0 bridgehead atoms. The molecule has 0 unspecified atom stereocenters. The zero-order valence-electron chi connectivity index (χ0n) is 14.4. The van der Waals surface area contributed by atoms with E-state index in [2.05, 4.69) is 5.32 Å². The van der Waals surface area contributed by atoms with Gasteiger partial charge in [0.05, 0.1) is 5.69 Å². The Labute approximate surface area is 148 Å². The molecule has 4 rings (SSSR count). The second kappa shape index (κ2) is 6.94. The number of urea groups is 1. The number of benzene rings is 1. The van der Waals surface area contributed by atoms with Gasteiger partial charge in [0.25, 0.3) is 5.91 Å². The molecular weight excluding hydrogens is 318 g/mol. The fourth-order valence-electron chi connectivity index (χ4n) is 4.34. The highest BCUT2D eigenvalue weighted by atomic mass is 16.5. The molecule has 1 aliphatic carbocycles. The lowest BCUT2D eigenvalue weighted by molar-refractivity contribution is -0.121. The van der Waals surface area contributed by atoms with E-state index in [0.29, 0.717) is 24.9 Å². The van der Waals surface area contributed by atoms with E-state index >= 15 is 0 Å². The van der Waals surface area contributed by atoms with E-state index in [1.165, 1.54) is 19.3 Å². The fraction of sp³-hybridized carbons (Fsp3) is 0.579. The average molecular weight is 343 g/mol. The van der Waals surface area contributed by atoms with Crippen LogP contribution in [0.4, 0.5) is 10.5 Å². The van der Waals surface area contributed by atoms with Crippen molar-refractivity contribution in [2.45, 2.75) is 25.7 Å². The molecule has 0 aromatic heterocycles. The smallest absolute Gasteiger partial charge is 0.317 e. The molecule has 2 heterocycles. The molecule has 2 fully saturated rings. The van der Waals surface area contributed by atoms with Gasteiger partial charge in [0.15, 0.2) is 6.61 Å². The molecule has 0 spiro atoms. The lowest BCUT2D eigenvalue weighted by Gasteiger charge is -2.29. The number of carbonyl (C=O) groups is 2. The van der Waals surface area contributed by atoms with Crippen molar-refractivity contribution in [2.24, 2.45) is 11.8 Å². The molecule has 6 heteroatoms. The molecule has 3 aliphatic rings. The van der Waals surface area contributed by atoms with Gasteiger partial charge in [-0.15, -0.1) is 0 Å². The fourth-order valence-corrected chi connectivity index (χ4v) is 4.34. The number of hydrogen-bond donors (Lipinski definition) is 1. The van der Waals surface area contributed by atoms with Crippen LogP contribution in [0.5, 0.6) is 5.75 Å². The van der Waals surface area contributed by atoms with Gasteiger partial charge in [0.2, 0.25) is 0 Å². The second-order valence-corrected chi connectivity index (χ2v) is 7.24. The summed E-state index contributed by atoms with van der Waals surface area (Å²) in [6, 6.07) is 7.62. The highest BCUT2D eigenvalue weighted by molar-refractivity contribution is 5.97. The first-order valence-corrected chi connectivity index (χ1v) is 9.27. The Morgan fingerprint density at radius 2 is 1.96 bits per heavy atom. The number of nitrogens with zero attached hydrogens (tertiary/aromatic N) is 2. The average Bonchev–Trinajstić information content (AvgIpc) is 3.22. The Hall–Kier alpha value is -2.24. The SMILES string of the molecule is O=C(NCCCN1C(=O)COc2ccccc21)N1C[C@H]2CCC[C@H]2C1. The number of ether oxygens (including phenoxy) is 1. The maximum atomic E-state index is 12.3. The molecule has 6 nitrogen and oxygen atoms in total. The molecule has 1 saturated carbocycles. The molecule has 2 aliphatic heterocycles. The van der Waals surface area contributed by atoms with Crippen molar-refractivity contribution in [3.8, 4) is 5.75 Å². The van der Waals surface area contributed by atoms with Crippen molar-refractivity contribution in [3.63, 3.8) is 0 Å². The molecule has 2 atom stereocenters. The lowest BCUT2D eigenvalue weighted by atomic mass is 10.0. The van der Waals surface area contributed by atoms with E-state index in [1.807, 2.05) is 29.2 Å². The summed E-state index contributed by atoms with van der Waals surface area (Å²) in [6.45, 7) is 3.07. The summed E-state index contributed by atoms with van der Waals surface area (Å²) in [5.74, 6) is 2.15. The minimum absolute atomic E-state index is 0.0302. The second-order valence-electron chi connectivity index (χ2n) is 7.24. The molecule has 0 radical (unpaired) electrons. The highest BCUT2D eigenvalue weighted by Crippen LogP contribution is 2.37. The molecule has 1 saturated heterocycles. The zero-order valence-corrected chi connectivity index (χ0v) is 14.4. The van der Waals surface area contributed by atoms with Crippen LogP contribution in [0.25, 0.3) is 0 Å². The van der Waals surface area contributed by atoms with Gasteiger partial charge in [0.1, 0.15) is 5.75 Å². The maximum absolute atomic E-state index is 12.3. The van der Waals surface area contributed by atoms with Crippen LogP contribution in [-0.4, -0.2) is 49.6 Å². The largest absolute Gasteiger partial charge is 0.482 e. The van der Waals surface area contributed by atoms with Gasteiger partial charge in [0, 0.05) is 26.2 Å². The monoisotopic (exact) mass is 343 g/mol. The Bertz CT molecular complexity index is 651. The topological polar surface area (TPSA) is 61.9 Å². The van der Waals surface area contributed by atoms with Gasteiger partial charge >= 0.3 is 6.03 Å². The number of likely N-dealkylation sites (tertiary alicyclic amines) is 1. The highest BCUT2D eigenvalue weighted by Gasteiger charge is 2.37. The molecule has 1 N–H and O–H groups in total. The van der Waals surface area contributed by atoms with Crippen molar-refractivity contribution in [1.82, 2.24) is 10.2 Å². The summed E-state index contributed by atoms with van der Waals surface area (Å²) in [6.07, 6.45) is 4.59. The van der Waals surface area contributed by atoms with Crippen LogP contribution in [0, 0.1) is 11.8 Å². The van der Waals surface area contributed by atoms with Gasteiger partial charge in [-0.05, 0) is 43.2 Å². The van der Waals surface area contributed by atoms with Crippen LogP contribution in [0.15, 0.2) is 24.3 Å². The molecule has 25 heavy (non-hydrogen) atoms. The van der Waals surface area contributed by atoms with Crippen LogP contribution in [0.2, 0.25) is 0 Å². The first kappa shape index (κ1) is 16.2. The van der Waals surface area contributed by atoms with Crippen LogP contribution in [0.3, 0.4) is 0 Å². The molecule has 134 valence electrons. The van der Waals surface area contributed by atoms with Crippen LogP contribution in [0.1, 0.15) is 25.7 Å². The van der Waals surface area contributed by atoms with Crippen molar-refractivity contribution in [1.29, 1.82) is 0 Å². The summed E-state index contributed by atoms with van der Waals surface area (Å²) < 4.78 is 5.45. The summed E-state index contributed by atoms with van der Waals surface area (Å²) in [7, 11) is 0. The number of carbonyl (C=O) groups excluding carboxylic acids is 2. The Morgan fingerprint density at radius 3 is 2.76 bits per heavy atom. The van der Waals surface area contributed by atoms with Crippen LogP contribution >= 0.6 is 0 Å². The summed E-state index contributed by atoms with van der Waals surface area (Å²) in [5, 5.41) is 3.01. The predicted octanol–water partition coefficient (Wildman–Crippen LogP) is 2.24. The van der Waals surface area contributed by atoms with Crippen molar-refractivity contribution in [3.05, 3.63) is 24.3 Å². The number of amides is 3. The standard InChI is InChI=1S/C19H25N3O3/c23-18-13-25-17-8-2-1-7-16(17)22(18)10-4-9-20-19(24)21-11-14-5-3-6-15(14)12-21/h1-2,7-8,14-15H,3-6,9-13H2,(H,20,24)/t14-,15+. The molecule has 1 aromatic rings. The summed E-state index contributed by atoms with van der Waals surface area (Å²) in [5.41, 5.74) is 0.817. The van der Waals surface area contributed by atoms with Gasteiger partial charge in [-0.3, -0.25) is 4.79 Å². The number of hydrogen-bond acceptors (Lipinski definition) is 3. The first-order chi connectivity index (χ1) is 12.2. The zero-order chi connectivity index (χ0) is 17.2. The van der Waals surface area contributed by atoms with Gasteiger partial charge in [-0.2, -0.15) is 0 Å². The number of nitrogens with one attached hydrogen (secondary N) is 1. The molecule has 1 aromatic carbocycles. The van der Waals surface area contributed by atoms with Crippen molar-refractivity contribution < 1.29 is 14.3 Å². The first-order valence-electron chi connectivity index (χ1n) is 9.27. The van der Waals surface area contributed by atoms with E-state index < -0.39 is 0 Å². The summed E-state index contributed by atoms with van der Waals surface area (Å²) >= 11 is 0. The third-order valence-corrected chi connectivity index (χ3v) is 5.66. The Kier molecular flexibility index (Phi) is 4.51. The maximum Gasteiger partial charge on any atom is 0.317 e. The van der Waals surface area contributed by atoms with Gasteiger partial charge < -0.3 is 19.9 Å². The van der Waals surface area contributed by atoms with E-state index in [9.17, 15) is 9.59 Å². The minimum Gasteiger partial charge on any atom is -0.482 e. The van der Waals surface area contributed by atoms with E-state index in [0.717, 1.165) is 30.9 Å². The quantitative estimate of drug-likeness (QED) is 0.853. The Balaban J connectivity index is 1.24. The van der Waals surface area contributed by atoms with Crippen LogP contribution < -0.4 is 15.0 Å². The molecular formula is C19H25N3O3. The van der Waals surface area contributed by atoms with E-state index in [1.54, 1.807) is 4.90 Å². The summed E-state index contributed by atoms with van der Waals surface area (Å²) in [4.78, 5) is 28.1. The third-order valence-electron chi connectivity index (χ3n) is 5.66. The number of para-hydroxylation sites is 2. The number of rotatable bonds is 4. The van der Waals surface area contributed by atoms with Gasteiger partial charge in [-0.1, -0.05) is 18.6 Å². The third kappa shape index (κ3) is 3.30. The van der Waals surface area contributed by atoms with Crippen LogP contribution in [-0.2, 0) is 4.79 Å². The number of fused-ring (bicyclic) bond motifs is 2. The van der Waals surface area contributed by atoms with E-state index in [-0.39, 0.29) is 18.5 Å². The minimum atomic E-state index is -0.0302.